The van der Waals surface area contributed by atoms with Crippen LogP contribution in [0.15, 0.2) is 18.2 Å². The summed E-state index contributed by atoms with van der Waals surface area (Å²) in [5, 5.41) is 2.73. The predicted octanol–water partition coefficient (Wildman–Crippen LogP) is 2.43. The van der Waals surface area contributed by atoms with E-state index in [1.807, 2.05) is 0 Å². The van der Waals surface area contributed by atoms with Gasteiger partial charge in [-0.2, -0.15) is 0 Å². The van der Waals surface area contributed by atoms with E-state index in [0.717, 1.165) is 25.9 Å². The molecule has 18 heavy (non-hydrogen) atoms. The number of carbonyl (C=O) groups is 1. The summed E-state index contributed by atoms with van der Waals surface area (Å²) >= 11 is 0. The molecule has 1 amide bonds. The number of carbonyl (C=O) groups excluding carboxylic acids is 1. The molecule has 0 spiro atoms. The van der Waals surface area contributed by atoms with E-state index in [1.54, 1.807) is 19.1 Å². The molecule has 1 atom stereocenters. The maximum absolute atomic E-state index is 13.7. The lowest BCUT2D eigenvalue weighted by Gasteiger charge is -2.22. The molecule has 0 aromatic heterocycles. The van der Waals surface area contributed by atoms with Gasteiger partial charge in [-0.25, -0.2) is 4.39 Å². The molecule has 1 aromatic rings. The summed E-state index contributed by atoms with van der Waals surface area (Å²) in [5.41, 5.74) is 0.586. The van der Waals surface area contributed by atoms with Gasteiger partial charge >= 0.3 is 0 Å². The van der Waals surface area contributed by atoms with Gasteiger partial charge in [-0.3, -0.25) is 4.79 Å². The van der Waals surface area contributed by atoms with Crippen LogP contribution in [0.25, 0.3) is 0 Å². The molecular weight excluding hydrogens is 233 g/mol. The molecule has 1 saturated heterocycles. The first-order valence-electron chi connectivity index (χ1n) is 6.33. The van der Waals surface area contributed by atoms with Gasteiger partial charge in [0.15, 0.2) is 0 Å². The van der Waals surface area contributed by atoms with E-state index in [-0.39, 0.29) is 17.6 Å². The Bertz CT molecular complexity index is 428. The molecule has 1 fully saturated rings. The average Bonchev–Trinajstić information content (AvgIpc) is 2.40. The lowest BCUT2D eigenvalue weighted by Crippen LogP contribution is -2.35. The number of halogens is 1. The van der Waals surface area contributed by atoms with Crippen molar-refractivity contribution in [3.8, 4) is 0 Å². The summed E-state index contributed by atoms with van der Waals surface area (Å²) in [7, 11) is 0. The highest BCUT2D eigenvalue weighted by molar-refractivity contribution is 5.94. The van der Waals surface area contributed by atoms with E-state index in [1.165, 1.54) is 6.07 Å². The molecular formula is C14H18FNO2. The van der Waals surface area contributed by atoms with Crippen LogP contribution in [-0.4, -0.2) is 25.2 Å². The summed E-state index contributed by atoms with van der Waals surface area (Å²) in [6.07, 6.45) is 3.22. The second kappa shape index (κ2) is 5.96. The molecule has 4 heteroatoms. The summed E-state index contributed by atoms with van der Waals surface area (Å²) < 4.78 is 19.2. The highest BCUT2D eigenvalue weighted by Gasteiger charge is 2.17. The number of hydrogen-bond acceptors (Lipinski definition) is 2. The van der Waals surface area contributed by atoms with Crippen molar-refractivity contribution < 1.29 is 13.9 Å². The molecule has 0 aliphatic carbocycles. The summed E-state index contributed by atoms with van der Waals surface area (Å²) in [6, 6.07) is 4.83. The highest BCUT2D eigenvalue weighted by atomic mass is 19.1. The molecule has 1 aliphatic rings. The molecule has 1 unspecified atom stereocenters. The lowest BCUT2D eigenvalue weighted by molar-refractivity contribution is 0.0168. The van der Waals surface area contributed by atoms with Gasteiger partial charge in [0, 0.05) is 13.2 Å². The second-order valence-corrected chi connectivity index (χ2v) is 4.64. The number of rotatable bonds is 3. The van der Waals surface area contributed by atoms with Crippen LogP contribution in [0.5, 0.6) is 0 Å². The van der Waals surface area contributed by atoms with Crippen molar-refractivity contribution in [2.75, 3.05) is 13.2 Å². The molecule has 98 valence electrons. The average molecular weight is 251 g/mol. The van der Waals surface area contributed by atoms with Crippen LogP contribution >= 0.6 is 0 Å². The van der Waals surface area contributed by atoms with Crippen LogP contribution in [0.1, 0.15) is 35.2 Å². The van der Waals surface area contributed by atoms with Gasteiger partial charge < -0.3 is 10.1 Å². The monoisotopic (exact) mass is 251 g/mol. The first-order valence-corrected chi connectivity index (χ1v) is 6.33. The molecule has 1 aromatic carbocycles. The van der Waals surface area contributed by atoms with Crippen LogP contribution < -0.4 is 5.32 Å². The van der Waals surface area contributed by atoms with E-state index in [2.05, 4.69) is 5.32 Å². The van der Waals surface area contributed by atoms with Crippen molar-refractivity contribution in [1.82, 2.24) is 5.32 Å². The van der Waals surface area contributed by atoms with Gasteiger partial charge in [0.05, 0.1) is 11.7 Å². The van der Waals surface area contributed by atoms with Crippen molar-refractivity contribution in [2.24, 2.45) is 0 Å². The fourth-order valence-electron chi connectivity index (χ4n) is 2.09. The number of aryl methyl sites for hydroxylation is 1. The van der Waals surface area contributed by atoms with E-state index in [0.29, 0.717) is 12.1 Å². The molecule has 1 heterocycles. The highest BCUT2D eigenvalue weighted by Crippen LogP contribution is 2.13. The van der Waals surface area contributed by atoms with Crippen molar-refractivity contribution in [3.05, 3.63) is 35.1 Å². The van der Waals surface area contributed by atoms with Crippen LogP contribution in [0, 0.1) is 12.7 Å². The number of amides is 1. The SMILES string of the molecule is Cc1cccc(C(=O)NCC2CCCCO2)c1F. The van der Waals surface area contributed by atoms with Crippen molar-refractivity contribution in [1.29, 1.82) is 0 Å². The Kier molecular flexibility index (Phi) is 4.31. The maximum Gasteiger partial charge on any atom is 0.254 e. The van der Waals surface area contributed by atoms with Crippen LogP contribution in [-0.2, 0) is 4.74 Å². The van der Waals surface area contributed by atoms with Crippen molar-refractivity contribution in [2.45, 2.75) is 32.3 Å². The zero-order valence-electron chi connectivity index (χ0n) is 10.5. The Morgan fingerprint density at radius 2 is 2.33 bits per heavy atom. The van der Waals surface area contributed by atoms with Crippen LogP contribution in [0.2, 0.25) is 0 Å². The first kappa shape index (κ1) is 13.0. The van der Waals surface area contributed by atoms with Gasteiger partial charge in [-0.05, 0) is 37.8 Å². The molecule has 0 radical (unpaired) electrons. The van der Waals surface area contributed by atoms with Crippen molar-refractivity contribution in [3.63, 3.8) is 0 Å². The Morgan fingerprint density at radius 3 is 3.06 bits per heavy atom. The maximum atomic E-state index is 13.7. The van der Waals surface area contributed by atoms with E-state index in [9.17, 15) is 9.18 Å². The van der Waals surface area contributed by atoms with Gasteiger partial charge in [0.25, 0.3) is 5.91 Å². The van der Waals surface area contributed by atoms with E-state index < -0.39 is 5.82 Å². The second-order valence-electron chi connectivity index (χ2n) is 4.64. The van der Waals surface area contributed by atoms with Gasteiger partial charge in [-0.15, -0.1) is 0 Å². The Labute approximate surface area is 106 Å². The summed E-state index contributed by atoms with van der Waals surface area (Å²) in [6.45, 7) is 2.85. The molecule has 3 nitrogen and oxygen atoms in total. The number of nitrogens with one attached hydrogen (secondary N) is 1. The zero-order chi connectivity index (χ0) is 13.0. The molecule has 0 saturated carbocycles. The quantitative estimate of drug-likeness (QED) is 0.896. The van der Waals surface area contributed by atoms with Crippen LogP contribution in [0.4, 0.5) is 4.39 Å². The third-order valence-corrected chi connectivity index (χ3v) is 3.20. The predicted molar refractivity (Wildman–Crippen MR) is 67.1 cm³/mol. The minimum atomic E-state index is -0.445. The largest absolute Gasteiger partial charge is 0.376 e. The molecule has 1 N–H and O–H groups in total. The zero-order valence-corrected chi connectivity index (χ0v) is 10.5. The number of hydrogen-bond donors (Lipinski definition) is 1. The Hall–Kier alpha value is -1.42. The fraction of sp³-hybridized carbons (Fsp3) is 0.500. The minimum absolute atomic E-state index is 0.0653. The normalized spacial score (nSPS) is 19.6. The van der Waals surface area contributed by atoms with Crippen LogP contribution in [0.3, 0.4) is 0 Å². The molecule has 1 aliphatic heterocycles. The third kappa shape index (κ3) is 3.07. The Balaban J connectivity index is 1.93. The Morgan fingerprint density at radius 1 is 1.50 bits per heavy atom. The standard InChI is InChI=1S/C14H18FNO2/c1-10-5-4-7-12(13(10)15)14(17)16-9-11-6-2-3-8-18-11/h4-5,7,11H,2-3,6,8-9H2,1H3,(H,16,17). The summed E-state index contributed by atoms with van der Waals surface area (Å²) in [5.74, 6) is -0.815. The summed E-state index contributed by atoms with van der Waals surface area (Å²) in [4.78, 5) is 11.9. The van der Waals surface area contributed by atoms with Gasteiger partial charge in [0.1, 0.15) is 5.82 Å². The lowest BCUT2D eigenvalue weighted by atomic mass is 10.1. The van der Waals surface area contributed by atoms with Crippen molar-refractivity contribution >= 4 is 5.91 Å². The van der Waals surface area contributed by atoms with Gasteiger partial charge in [0.2, 0.25) is 0 Å². The fourth-order valence-corrected chi connectivity index (χ4v) is 2.09. The third-order valence-electron chi connectivity index (χ3n) is 3.20. The number of benzene rings is 1. The van der Waals surface area contributed by atoms with E-state index in [4.69, 9.17) is 4.74 Å². The topological polar surface area (TPSA) is 38.3 Å². The van der Waals surface area contributed by atoms with Gasteiger partial charge in [-0.1, -0.05) is 12.1 Å². The smallest absolute Gasteiger partial charge is 0.254 e. The molecule has 2 rings (SSSR count). The minimum Gasteiger partial charge on any atom is -0.376 e. The molecule has 0 bridgehead atoms. The number of ether oxygens (including phenoxy) is 1. The van der Waals surface area contributed by atoms with E-state index >= 15 is 0 Å². The first-order chi connectivity index (χ1) is 8.68.